The Morgan fingerprint density at radius 3 is 2.16 bits per heavy atom. The van der Waals surface area contributed by atoms with Crippen molar-refractivity contribution < 1.29 is 0 Å². The molecule has 2 heterocycles. The van der Waals surface area contributed by atoms with Crippen LogP contribution in [0.2, 0.25) is 0 Å². The van der Waals surface area contributed by atoms with Crippen molar-refractivity contribution in [3.8, 4) is 11.4 Å². The Hall–Kier alpha value is -5.15. The highest BCUT2D eigenvalue weighted by Gasteiger charge is 2.14. The number of aliphatic imine (C=N–C) groups is 1. The van der Waals surface area contributed by atoms with Crippen LogP contribution < -0.4 is 0 Å². The molecule has 0 aliphatic heterocycles. The number of allylic oxidation sites excluding steroid dienone is 2. The van der Waals surface area contributed by atoms with Gasteiger partial charge in [-0.25, -0.2) is 0 Å². The quantitative estimate of drug-likeness (QED) is 0.171. The van der Waals surface area contributed by atoms with Crippen LogP contribution in [0.5, 0.6) is 0 Å². The van der Waals surface area contributed by atoms with Gasteiger partial charge in [0.2, 0.25) is 0 Å². The Morgan fingerprint density at radius 1 is 0.632 bits per heavy atom. The molecule has 0 amide bonds. The van der Waals surface area contributed by atoms with Gasteiger partial charge in [0.15, 0.2) is 0 Å². The number of nitrogens with zero attached hydrogens (tertiary/aromatic N) is 3. The first-order valence-electron chi connectivity index (χ1n) is 12.7. The highest BCUT2D eigenvalue weighted by molar-refractivity contribution is 6.15. The summed E-state index contributed by atoms with van der Waals surface area (Å²) in [4.78, 5) is 3.92. The molecule has 0 bridgehead atoms. The minimum Gasteiger partial charge on any atom is -0.317 e. The van der Waals surface area contributed by atoms with Gasteiger partial charge in [0, 0.05) is 39.9 Å². The van der Waals surface area contributed by atoms with E-state index >= 15 is 0 Å². The van der Waals surface area contributed by atoms with Crippen LogP contribution in [0.25, 0.3) is 60.4 Å². The molecule has 0 aliphatic rings. The van der Waals surface area contributed by atoms with E-state index in [4.69, 9.17) is 0 Å². The van der Waals surface area contributed by atoms with Crippen LogP contribution in [0.15, 0.2) is 139 Å². The Balaban J connectivity index is 1.46. The predicted octanol–water partition coefficient (Wildman–Crippen LogP) is 9.11. The fourth-order valence-corrected chi connectivity index (χ4v) is 5.59. The molecule has 3 heteroatoms. The molecular formula is C35H25N3. The summed E-state index contributed by atoms with van der Waals surface area (Å²) in [6.45, 7) is 7.50. The fourth-order valence-electron chi connectivity index (χ4n) is 5.59. The lowest BCUT2D eigenvalue weighted by molar-refractivity contribution is 1.13. The third-order valence-electron chi connectivity index (χ3n) is 7.38. The molecule has 0 unspecified atom stereocenters. The van der Waals surface area contributed by atoms with Gasteiger partial charge >= 0.3 is 0 Å². The smallest absolute Gasteiger partial charge is 0.0547 e. The lowest BCUT2D eigenvalue weighted by atomic mass is 10.0. The van der Waals surface area contributed by atoms with Crippen molar-refractivity contribution >= 4 is 55.8 Å². The maximum absolute atomic E-state index is 3.92. The first-order valence-corrected chi connectivity index (χ1v) is 12.7. The summed E-state index contributed by atoms with van der Waals surface area (Å²) in [6, 6.07) is 39.2. The molecule has 38 heavy (non-hydrogen) atoms. The van der Waals surface area contributed by atoms with Crippen molar-refractivity contribution in [2.75, 3.05) is 0 Å². The van der Waals surface area contributed by atoms with Gasteiger partial charge < -0.3 is 9.13 Å². The number of rotatable bonds is 5. The topological polar surface area (TPSA) is 22.2 Å². The molecule has 0 atom stereocenters. The standard InChI is InChI=1S/C35H25N3/c1-3-24(23-36-2)25-13-15-30(16-14-25)38-33-12-8-7-11-31(33)32-20-28-21-34-26(19-27(28)22-35(32)38)17-18-37(34)29-9-5-4-6-10-29/h3-23H,1-2H2/b24-23+. The molecule has 7 rings (SSSR count). The van der Waals surface area contributed by atoms with Crippen LogP contribution in [0.4, 0.5) is 0 Å². The molecule has 180 valence electrons. The van der Waals surface area contributed by atoms with Gasteiger partial charge in [-0.3, -0.25) is 4.99 Å². The lowest BCUT2D eigenvalue weighted by Crippen LogP contribution is -1.94. The van der Waals surface area contributed by atoms with Crippen molar-refractivity contribution in [3.05, 3.63) is 140 Å². The van der Waals surface area contributed by atoms with Gasteiger partial charge in [-0.2, -0.15) is 0 Å². The lowest BCUT2D eigenvalue weighted by Gasteiger charge is -2.10. The zero-order valence-electron chi connectivity index (χ0n) is 20.9. The summed E-state index contributed by atoms with van der Waals surface area (Å²) in [7, 11) is 0. The van der Waals surface area contributed by atoms with Gasteiger partial charge in [0.05, 0.1) is 16.6 Å². The number of aromatic nitrogens is 2. The van der Waals surface area contributed by atoms with Gasteiger partial charge in [-0.05, 0) is 89.3 Å². The van der Waals surface area contributed by atoms with Crippen LogP contribution in [0.1, 0.15) is 5.56 Å². The van der Waals surface area contributed by atoms with Gasteiger partial charge in [0.25, 0.3) is 0 Å². The molecule has 0 saturated carbocycles. The highest BCUT2D eigenvalue weighted by atomic mass is 15.0. The monoisotopic (exact) mass is 487 g/mol. The third-order valence-corrected chi connectivity index (χ3v) is 7.38. The van der Waals surface area contributed by atoms with Crippen LogP contribution in [-0.2, 0) is 0 Å². The van der Waals surface area contributed by atoms with Crippen LogP contribution in [0.3, 0.4) is 0 Å². The molecule has 0 N–H and O–H groups in total. The van der Waals surface area contributed by atoms with Crippen molar-refractivity contribution in [1.29, 1.82) is 0 Å². The van der Waals surface area contributed by atoms with Crippen molar-refractivity contribution in [2.45, 2.75) is 0 Å². The Labute approximate surface area is 220 Å². The normalized spacial score (nSPS) is 12.1. The van der Waals surface area contributed by atoms with E-state index in [0.717, 1.165) is 16.8 Å². The molecule has 0 saturated heterocycles. The third kappa shape index (κ3) is 3.40. The number of para-hydroxylation sites is 2. The average Bonchev–Trinajstić information content (AvgIpc) is 3.52. The molecular weight excluding hydrogens is 462 g/mol. The van der Waals surface area contributed by atoms with E-state index < -0.39 is 0 Å². The molecule has 5 aromatic carbocycles. The summed E-state index contributed by atoms with van der Waals surface area (Å²) >= 11 is 0. The minimum absolute atomic E-state index is 0.950. The van der Waals surface area contributed by atoms with E-state index in [1.54, 1.807) is 6.20 Å². The number of hydrogen-bond donors (Lipinski definition) is 0. The highest BCUT2D eigenvalue weighted by Crippen LogP contribution is 2.36. The van der Waals surface area contributed by atoms with Crippen molar-refractivity contribution in [3.63, 3.8) is 0 Å². The number of hydrogen-bond acceptors (Lipinski definition) is 1. The zero-order chi connectivity index (χ0) is 25.6. The Kier molecular flexibility index (Phi) is 5.09. The molecule has 2 aromatic heterocycles. The average molecular weight is 488 g/mol. The van der Waals surface area contributed by atoms with Crippen molar-refractivity contribution in [2.24, 2.45) is 4.99 Å². The fraction of sp³-hybridized carbons (Fsp3) is 0. The summed E-state index contributed by atoms with van der Waals surface area (Å²) < 4.78 is 4.62. The maximum atomic E-state index is 3.92. The van der Waals surface area contributed by atoms with E-state index in [0.29, 0.717) is 0 Å². The van der Waals surface area contributed by atoms with Crippen LogP contribution >= 0.6 is 0 Å². The number of benzene rings is 5. The van der Waals surface area contributed by atoms with Crippen LogP contribution in [-0.4, -0.2) is 15.9 Å². The van der Waals surface area contributed by atoms with E-state index in [2.05, 4.69) is 143 Å². The van der Waals surface area contributed by atoms with E-state index in [1.165, 1.54) is 49.2 Å². The molecule has 3 nitrogen and oxygen atoms in total. The molecule has 0 fully saturated rings. The van der Waals surface area contributed by atoms with Crippen LogP contribution in [0, 0.1) is 0 Å². The van der Waals surface area contributed by atoms with E-state index in [1.807, 2.05) is 6.08 Å². The molecule has 0 radical (unpaired) electrons. The van der Waals surface area contributed by atoms with E-state index in [9.17, 15) is 0 Å². The summed E-state index contributed by atoms with van der Waals surface area (Å²) in [5.74, 6) is 0. The van der Waals surface area contributed by atoms with Gasteiger partial charge in [0.1, 0.15) is 0 Å². The molecule has 0 spiro atoms. The second kappa shape index (κ2) is 8.75. The van der Waals surface area contributed by atoms with Gasteiger partial charge in [-0.1, -0.05) is 61.2 Å². The minimum atomic E-state index is 0.950. The molecule has 0 aliphatic carbocycles. The second-order valence-electron chi connectivity index (χ2n) is 9.52. The predicted molar refractivity (Wildman–Crippen MR) is 163 cm³/mol. The molecule has 7 aromatic rings. The maximum Gasteiger partial charge on any atom is 0.0547 e. The summed E-state index contributed by atoms with van der Waals surface area (Å²) in [5.41, 5.74) is 7.89. The van der Waals surface area contributed by atoms with E-state index in [-0.39, 0.29) is 0 Å². The Morgan fingerprint density at radius 2 is 1.37 bits per heavy atom. The summed E-state index contributed by atoms with van der Waals surface area (Å²) in [6.07, 6.45) is 5.70. The van der Waals surface area contributed by atoms with Crippen molar-refractivity contribution in [1.82, 2.24) is 9.13 Å². The summed E-state index contributed by atoms with van der Waals surface area (Å²) in [5, 5.41) is 6.18. The second-order valence-corrected chi connectivity index (χ2v) is 9.52. The largest absolute Gasteiger partial charge is 0.317 e. The zero-order valence-corrected chi connectivity index (χ0v) is 20.9. The van der Waals surface area contributed by atoms with Gasteiger partial charge in [-0.15, -0.1) is 0 Å². The first-order chi connectivity index (χ1) is 18.7. The first kappa shape index (κ1) is 22.1. The number of fused-ring (bicyclic) bond motifs is 5. The SMILES string of the molecule is C=C/C(=C\N=C)c1ccc(-n2c3ccccc3c3cc4cc5c(ccn5-c5ccccc5)cc4cc32)cc1. The Bertz CT molecular complexity index is 2030.